The van der Waals surface area contributed by atoms with Crippen LogP contribution in [0, 0.1) is 11.8 Å². The zero-order valence-electron chi connectivity index (χ0n) is 16.2. The summed E-state index contributed by atoms with van der Waals surface area (Å²) in [5, 5.41) is 19.5. The first kappa shape index (κ1) is 19.6. The first-order chi connectivity index (χ1) is 13.9. The van der Waals surface area contributed by atoms with Crippen molar-refractivity contribution >= 4 is 40.8 Å². The molecule has 2 aromatic rings. The predicted molar refractivity (Wildman–Crippen MR) is 111 cm³/mol. The van der Waals surface area contributed by atoms with Gasteiger partial charge in [0.2, 0.25) is 5.91 Å². The molecule has 1 fully saturated rings. The summed E-state index contributed by atoms with van der Waals surface area (Å²) in [7, 11) is 1.86. The number of aryl methyl sites for hydroxylation is 1. The van der Waals surface area contributed by atoms with Crippen LogP contribution in [0.4, 0.5) is 22.0 Å². The second kappa shape index (κ2) is 7.94. The predicted octanol–water partition coefficient (Wildman–Crippen LogP) is 3.74. The molecular formula is C20H24ClN5O3. The fraction of sp³-hybridized carbons (Fsp3) is 0.450. The number of rotatable bonds is 3. The number of hydrogen-bond acceptors (Lipinski definition) is 4. The third-order valence-corrected chi connectivity index (χ3v) is 6.08. The van der Waals surface area contributed by atoms with Gasteiger partial charge in [-0.3, -0.25) is 9.48 Å². The molecule has 0 radical (unpaired) electrons. The number of amides is 2. The maximum absolute atomic E-state index is 13.5. The number of hydrogen-bond donors (Lipinski definition) is 3. The zero-order valence-corrected chi connectivity index (χ0v) is 16.9. The number of benzene rings is 1. The summed E-state index contributed by atoms with van der Waals surface area (Å²) in [6.07, 6.45) is 3.99. The molecule has 0 spiro atoms. The Hall–Kier alpha value is -2.74. The number of carbonyl (C=O) groups is 2. The second-order valence-corrected chi connectivity index (χ2v) is 8.19. The van der Waals surface area contributed by atoms with Crippen molar-refractivity contribution in [3.05, 3.63) is 35.0 Å². The van der Waals surface area contributed by atoms with Crippen LogP contribution >= 0.6 is 11.6 Å². The Morgan fingerprint density at radius 2 is 2.07 bits per heavy atom. The molecular weight excluding hydrogens is 394 g/mol. The van der Waals surface area contributed by atoms with Gasteiger partial charge in [0.15, 0.2) is 0 Å². The van der Waals surface area contributed by atoms with Gasteiger partial charge in [-0.05, 0) is 49.8 Å². The van der Waals surface area contributed by atoms with Crippen molar-refractivity contribution in [3.63, 3.8) is 0 Å². The minimum atomic E-state index is -0.997. The van der Waals surface area contributed by atoms with Gasteiger partial charge in [-0.2, -0.15) is 5.10 Å². The molecule has 1 aliphatic carbocycles. The molecule has 2 amide bonds. The molecule has 2 heterocycles. The van der Waals surface area contributed by atoms with Crippen LogP contribution in [0.1, 0.15) is 31.2 Å². The van der Waals surface area contributed by atoms with Gasteiger partial charge in [0.05, 0.1) is 24.1 Å². The first-order valence-electron chi connectivity index (χ1n) is 9.78. The SMILES string of the molecule is Cn1ncc2c1Nc1cc(Cl)ccc1N(C(=O)C1CCC(CNC(=O)O)CC1)C2. The number of anilines is 3. The fourth-order valence-corrected chi connectivity index (χ4v) is 4.42. The largest absolute Gasteiger partial charge is 0.465 e. The molecule has 0 atom stereocenters. The maximum Gasteiger partial charge on any atom is 0.404 e. The zero-order chi connectivity index (χ0) is 20.5. The Balaban J connectivity index is 1.54. The molecule has 9 heteroatoms. The summed E-state index contributed by atoms with van der Waals surface area (Å²) in [5.41, 5.74) is 2.55. The van der Waals surface area contributed by atoms with Crippen LogP contribution in [-0.2, 0) is 18.4 Å². The van der Waals surface area contributed by atoms with E-state index >= 15 is 0 Å². The molecule has 29 heavy (non-hydrogen) atoms. The minimum Gasteiger partial charge on any atom is -0.465 e. The lowest BCUT2D eigenvalue weighted by molar-refractivity contribution is -0.123. The molecule has 1 saturated carbocycles. The molecule has 4 rings (SSSR count). The van der Waals surface area contributed by atoms with Crippen LogP contribution in [0.25, 0.3) is 0 Å². The number of carboxylic acid groups (broad SMARTS) is 1. The van der Waals surface area contributed by atoms with E-state index in [2.05, 4.69) is 15.7 Å². The van der Waals surface area contributed by atoms with E-state index in [0.717, 1.165) is 48.4 Å². The first-order valence-corrected chi connectivity index (χ1v) is 10.2. The quantitative estimate of drug-likeness (QED) is 0.706. The van der Waals surface area contributed by atoms with Crippen molar-refractivity contribution < 1.29 is 14.7 Å². The average molecular weight is 418 g/mol. The van der Waals surface area contributed by atoms with Gasteiger partial charge < -0.3 is 20.6 Å². The Kier molecular flexibility index (Phi) is 5.36. The van der Waals surface area contributed by atoms with Crippen LogP contribution in [0.15, 0.2) is 24.4 Å². The number of nitrogens with one attached hydrogen (secondary N) is 2. The highest BCUT2D eigenvalue weighted by atomic mass is 35.5. The summed E-state index contributed by atoms with van der Waals surface area (Å²) in [6, 6.07) is 5.50. The van der Waals surface area contributed by atoms with Crippen LogP contribution in [0.3, 0.4) is 0 Å². The van der Waals surface area contributed by atoms with Crippen molar-refractivity contribution in [1.82, 2.24) is 15.1 Å². The topological polar surface area (TPSA) is 99.5 Å². The highest BCUT2D eigenvalue weighted by Gasteiger charge is 2.33. The monoisotopic (exact) mass is 417 g/mol. The van der Waals surface area contributed by atoms with E-state index in [1.165, 1.54) is 0 Å². The van der Waals surface area contributed by atoms with Gasteiger partial charge in [0.1, 0.15) is 5.82 Å². The highest BCUT2D eigenvalue weighted by molar-refractivity contribution is 6.31. The standard InChI is InChI=1S/C20H24ClN5O3/c1-25-18-14(10-23-25)11-26(17-7-6-15(21)8-16(17)24-18)19(27)13-4-2-12(3-5-13)9-22-20(28)29/h6-8,10,12-13,22,24H,2-5,9,11H2,1H3,(H,28,29). The smallest absolute Gasteiger partial charge is 0.404 e. The minimum absolute atomic E-state index is 0.0715. The molecule has 1 aromatic heterocycles. The van der Waals surface area contributed by atoms with E-state index in [0.29, 0.717) is 18.1 Å². The van der Waals surface area contributed by atoms with Gasteiger partial charge in [-0.25, -0.2) is 4.79 Å². The molecule has 1 aliphatic heterocycles. The van der Waals surface area contributed by atoms with Crippen LogP contribution in [0.5, 0.6) is 0 Å². The van der Waals surface area contributed by atoms with E-state index in [9.17, 15) is 9.59 Å². The number of aromatic nitrogens is 2. The normalized spacial score (nSPS) is 20.8. The number of carbonyl (C=O) groups excluding carboxylic acids is 1. The fourth-order valence-electron chi connectivity index (χ4n) is 4.25. The number of fused-ring (bicyclic) bond motifs is 2. The maximum atomic E-state index is 13.5. The third-order valence-electron chi connectivity index (χ3n) is 5.85. The van der Waals surface area contributed by atoms with Crippen LogP contribution in [-0.4, -0.2) is 33.4 Å². The summed E-state index contributed by atoms with van der Waals surface area (Å²) < 4.78 is 1.76. The molecule has 8 nitrogen and oxygen atoms in total. The van der Waals surface area contributed by atoms with E-state index in [4.69, 9.17) is 16.7 Å². The lowest BCUT2D eigenvalue weighted by Crippen LogP contribution is -2.38. The van der Waals surface area contributed by atoms with E-state index in [1.54, 1.807) is 16.9 Å². The van der Waals surface area contributed by atoms with E-state index in [-0.39, 0.29) is 17.7 Å². The Morgan fingerprint density at radius 3 is 2.79 bits per heavy atom. The molecule has 0 unspecified atom stereocenters. The van der Waals surface area contributed by atoms with E-state index in [1.807, 2.05) is 24.1 Å². The Morgan fingerprint density at radius 1 is 1.31 bits per heavy atom. The Labute approximate surface area is 173 Å². The van der Waals surface area contributed by atoms with Gasteiger partial charge in [-0.1, -0.05) is 11.6 Å². The number of halogens is 1. The third kappa shape index (κ3) is 4.03. The number of nitrogens with zero attached hydrogens (tertiary/aromatic N) is 3. The molecule has 3 N–H and O–H groups in total. The Bertz CT molecular complexity index is 936. The van der Waals surface area contributed by atoms with Crippen molar-refractivity contribution in [2.75, 3.05) is 16.8 Å². The molecule has 1 aromatic carbocycles. The lowest BCUT2D eigenvalue weighted by atomic mass is 9.81. The van der Waals surface area contributed by atoms with Crippen molar-refractivity contribution in [1.29, 1.82) is 0 Å². The summed E-state index contributed by atoms with van der Waals surface area (Å²) in [5.74, 6) is 1.17. The average Bonchev–Trinajstić information content (AvgIpc) is 2.95. The lowest BCUT2D eigenvalue weighted by Gasteiger charge is -2.32. The molecule has 154 valence electrons. The van der Waals surface area contributed by atoms with Crippen LogP contribution in [0.2, 0.25) is 5.02 Å². The highest BCUT2D eigenvalue weighted by Crippen LogP contribution is 2.39. The second-order valence-electron chi connectivity index (χ2n) is 7.76. The summed E-state index contributed by atoms with van der Waals surface area (Å²) in [6.45, 7) is 0.897. The molecule has 0 bridgehead atoms. The van der Waals surface area contributed by atoms with Crippen molar-refractivity contribution in [3.8, 4) is 0 Å². The van der Waals surface area contributed by atoms with Gasteiger partial charge >= 0.3 is 6.09 Å². The summed E-state index contributed by atoms with van der Waals surface area (Å²) >= 11 is 6.20. The van der Waals surface area contributed by atoms with Gasteiger partial charge in [0.25, 0.3) is 0 Å². The molecule has 2 aliphatic rings. The van der Waals surface area contributed by atoms with E-state index < -0.39 is 6.09 Å². The van der Waals surface area contributed by atoms with Crippen molar-refractivity contribution in [2.45, 2.75) is 32.2 Å². The van der Waals surface area contributed by atoms with Crippen molar-refractivity contribution in [2.24, 2.45) is 18.9 Å². The molecule has 0 saturated heterocycles. The van der Waals surface area contributed by atoms with Crippen LogP contribution < -0.4 is 15.5 Å². The van der Waals surface area contributed by atoms with Gasteiger partial charge in [0, 0.05) is 30.1 Å². The summed E-state index contributed by atoms with van der Waals surface area (Å²) in [4.78, 5) is 26.0. The van der Waals surface area contributed by atoms with Gasteiger partial charge in [-0.15, -0.1) is 0 Å².